The number of oxazole rings is 1. The lowest BCUT2D eigenvalue weighted by Crippen LogP contribution is -2.27. The molecule has 0 amide bonds. The lowest BCUT2D eigenvalue weighted by Gasteiger charge is -2.27. The van der Waals surface area contributed by atoms with Crippen molar-refractivity contribution in [3.63, 3.8) is 0 Å². The average Bonchev–Trinajstić information content (AvgIpc) is 3.15. The second kappa shape index (κ2) is 6.88. The van der Waals surface area contributed by atoms with Crippen molar-refractivity contribution in [3.8, 4) is 11.3 Å². The highest BCUT2D eigenvalue weighted by atomic mass is 16.4. The smallest absolute Gasteiger partial charge is 0.195 e. The van der Waals surface area contributed by atoms with Crippen molar-refractivity contribution in [1.82, 2.24) is 10.3 Å². The van der Waals surface area contributed by atoms with Crippen molar-refractivity contribution in [2.24, 2.45) is 4.99 Å². The number of benzene rings is 2. The second-order valence-electron chi connectivity index (χ2n) is 7.02. The summed E-state index contributed by atoms with van der Waals surface area (Å²) in [6.07, 6.45) is 6.96. The minimum Gasteiger partial charge on any atom is -0.441 e. The van der Waals surface area contributed by atoms with E-state index in [1.54, 1.807) is 6.20 Å². The molecule has 1 aromatic heterocycles. The van der Waals surface area contributed by atoms with Gasteiger partial charge in [0.1, 0.15) is 5.84 Å². The second-order valence-corrected chi connectivity index (χ2v) is 7.02. The van der Waals surface area contributed by atoms with Gasteiger partial charge in [-0.2, -0.15) is 0 Å². The van der Waals surface area contributed by atoms with Crippen LogP contribution in [-0.4, -0.2) is 10.8 Å². The van der Waals surface area contributed by atoms with E-state index < -0.39 is 0 Å². The summed E-state index contributed by atoms with van der Waals surface area (Å²) in [5.74, 6) is 2.55. The van der Waals surface area contributed by atoms with Crippen LogP contribution in [0.25, 0.3) is 17.0 Å². The van der Waals surface area contributed by atoms with Gasteiger partial charge < -0.3 is 9.73 Å². The van der Waals surface area contributed by atoms with Crippen LogP contribution in [0.3, 0.4) is 0 Å². The fourth-order valence-electron chi connectivity index (χ4n) is 3.56. The molecule has 0 unspecified atom stereocenters. The van der Waals surface area contributed by atoms with E-state index >= 15 is 0 Å². The van der Waals surface area contributed by atoms with Crippen molar-refractivity contribution in [3.05, 3.63) is 77.8 Å². The fourth-order valence-corrected chi connectivity index (χ4v) is 3.56. The van der Waals surface area contributed by atoms with E-state index in [0.717, 1.165) is 41.6 Å². The van der Waals surface area contributed by atoms with Crippen LogP contribution < -0.4 is 5.32 Å². The molecule has 2 aliphatic rings. The van der Waals surface area contributed by atoms with Crippen molar-refractivity contribution in [2.45, 2.75) is 32.1 Å². The van der Waals surface area contributed by atoms with Crippen LogP contribution in [0.4, 0.5) is 5.69 Å². The summed E-state index contributed by atoms with van der Waals surface area (Å²) in [7, 11) is 0. The molecule has 4 heteroatoms. The minimum absolute atomic E-state index is 0.726. The summed E-state index contributed by atoms with van der Waals surface area (Å²) >= 11 is 0. The number of rotatable bonds is 4. The highest BCUT2D eigenvalue weighted by molar-refractivity contribution is 5.99. The number of aliphatic imine (C=N–C) groups is 1. The Kier molecular flexibility index (Phi) is 4.09. The molecule has 3 aromatic rings. The molecule has 2 heterocycles. The summed E-state index contributed by atoms with van der Waals surface area (Å²) in [5.41, 5.74) is 6.10. The summed E-state index contributed by atoms with van der Waals surface area (Å²) in [4.78, 5) is 9.26. The first-order valence-electron chi connectivity index (χ1n) is 9.53. The molecule has 1 aliphatic carbocycles. The molecule has 4 nitrogen and oxygen atoms in total. The van der Waals surface area contributed by atoms with Crippen LogP contribution in [0.5, 0.6) is 0 Å². The highest BCUT2D eigenvalue weighted by Gasteiger charge is 2.22. The molecule has 1 aliphatic heterocycles. The van der Waals surface area contributed by atoms with Crippen molar-refractivity contribution in [2.75, 3.05) is 0 Å². The molecule has 0 radical (unpaired) electrons. The largest absolute Gasteiger partial charge is 0.441 e. The number of hydrogen-bond acceptors (Lipinski definition) is 4. The zero-order valence-corrected chi connectivity index (χ0v) is 15.1. The van der Waals surface area contributed by atoms with E-state index in [-0.39, 0.29) is 0 Å². The molecule has 2 aromatic carbocycles. The van der Waals surface area contributed by atoms with E-state index in [2.05, 4.69) is 34.6 Å². The number of para-hydroxylation sites is 1. The maximum absolute atomic E-state index is 5.93. The zero-order chi connectivity index (χ0) is 18.1. The lowest BCUT2D eigenvalue weighted by molar-refractivity contribution is 0.508. The van der Waals surface area contributed by atoms with Gasteiger partial charge in [0.25, 0.3) is 0 Å². The maximum Gasteiger partial charge on any atom is 0.195 e. The Morgan fingerprint density at radius 3 is 2.56 bits per heavy atom. The first-order valence-corrected chi connectivity index (χ1v) is 9.53. The van der Waals surface area contributed by atoms with Gasteiger partial charge in [0.05, 0.1) is 11.9 Å². The Hall–Kier alpha value is -3.14. The van der Waals surface area contributed by atoms with Gasteiger partial charge >= 0.3 is 0 Å². The molecule has 0 bridgehead atoms. The zero-order valence-electron chi connectivity index (χ0n) is 15.1. The van der Waals surface area contributed by atoms with E-state index in [1.807, 2.05) is 30.3 Å². The molecule has 1 N–H and O–H groups in total. The number of aryl methyl sites for hydroxylation is 1. The number of amidine groups is 1. The van der Waals surface area contributed by atoms with Crippen LogP contribution in [-0.2, 0) is 6.42 Å². The number of nitrogens with zero attached hydrogens (tertiary/aromatic N) is 2. The van der Waals surface area contributed by atoms with Crippen molar-refractivity contribution < 1.29 is 4.42 Å². The third-order valence-electron chi connectivity index (χ3n) is 5.20. The van der Waals surface area contributed by atoms with Crippen LogP contribution >= 0.6 is 0 Å². The normalized spacial score (nSPS) is 15.6. The molecule has 0 atom stereocenters. The number of nitrogens with one attached hydrogen (secondary N) is 1. The molecular weight excluding hydrogens is 334 g/mol. The van der Waals surface area contributed by atoms with Gasteiger partial charge in [-0.25, -0.2) is 9.98 Å². The Bertz CT molecular complexity index is 1020. The summed E-state index contributed by atoms with van der Waals surface area (Å²) < 4.78 is 5.93. The molecule has 1 saturated carbocycles. The highest BCUT2D eigenvalue weighted by Crippen LogP contribution is 2.37. The van der Waals surface area contributed by atoms with Crippen LogP contribution in [0, 0.1) is 0 Å². The minimum atomic E-state index is 0.726. The summed E-state index contributed by atoms with van der Waals surface area (Å²) in [6, 6.07) is 18.5. The molecular formula is C23H21N3O. The molecule has 1 fully saturated rings. The van der Waals surface area contributed by atoms with E-state index in [0.29, 0.717) is 0 Å². The third-order valence-corrected chi connectivity index (χ3v) is 5.20. The number of allylic oxidation sites excluding steroid dienone is 1. The van der Waals surface area contributed by atoms with Gasteiger partial charge in [-0.15, -0.1) is 0 Å². The quantitative estimate of drug-likeness (QED) is 0.672. The Balaban J connectivity index is 1.35. The summed E-state index contributed by atoms with van der Waals surface area (Å²) in [6.45, 7) is 0. The SMILES string of the molecule is c1ccc(-c2cnc(CCC3=Nc4ccccc4C(=C4CCC4)N3)o2)cc1. The van der Waals surface area contributed by atoms with Gasteiger partial charge in [-0.05, 0) is 30.9 Å². The lowest BCUT2D eigenvalue weighted by atomic mass is 9.87. The molecule has 134 valence electrons. The van der Waals surface area contributed by atoms with E-state index in [4.69, 9.17) is 9.41 Å². The Morgan fingerprint density at radius 1 is 0.926 bits per heavy atom. The van der Waals surface area contributed by atoms with Crippen LogP contribution in [0.1, 0.15) is 37.1 Å². The third kappa shape index (κ3) is 3.19. The monoisotopic (exact) mass is 355 g/mol. The van der Waals surface area contributed by atoms with E-state index in [1.165, 1.54) is 36.1 Å². The Labute approximate surface area is 158 Å². The van der Waals surface area contributed by atoms with Crippen LogP contribution in [0.2, 0.25) is 0 Å². The number of fused-ring (bicyclic) bond motifs is 1. The topological polar surface area (TPSA) is 50.4 Å². The standard InChI is InChI=1S/C23H21N3O/c1-2-7-16(8-3-1)20-15-24-22(27-20)14-13-21-25-19-12-5-4-11-18(19)23(26-21)17-9-6-10-17/h1-5,7-8,11-12,15H,6,9-10,13-14H2,(H,25,26). The number of aromatic nitrogens is 1. The molecule has 0 spiro atoms. The number of hydrogen-bond donors (Lipinski definition) is 1. The first-order chi connectivity index (χ1) is 13.4. The Morgan fingerprint density at radius 2 is 1.74 bits per heavy atom. The molecule has 27 heavy (non-hydrogen) atoms. The first kappa shape index (κ1) is 16.1. The predicted molar refractivity (Wildman–Crippen MR) is 108 cm³/mol. The van der Waals surface area contributed by atoms with Crippen molar-refractivity contribution in [1.29, 1.82) is 0 Å². The van der Waals surface area contributed by atoms with Gasteiger partial charge in [-0.3, -0.25) is 0 Å². The fraction of sp³-hybridized carbons (Fsp3) is 0.217. The van der Waals surface area contributed by atoms with E-state index in [9.17, 15) is 0 Å². The van der Waals surface area contributed by atoms with Gasteiger partial charge in [0.15, 0.2) is 11.7 Å². The molecule has 0 saturated heterocycles. The van der Waals surface area contributed by atoms with Gasteiger partial charge in [0, 0.05) is 29.7 Å². The predicted octanol–water partition coefficient (Wildman–Crippen LogP) is 5.50. The molecule has 5 rings (SSSR count). The summed E-state index contributed by atoms with van der Waals surface area (Å²) in [5, 5.41) is 3.58. The van der Waals surface area contributed by atoms with Gasteiger partial charge in [-0.1, -0.05) is 48.5 Å². The van der Waals surface area contributed by atoms with Crippen LogP contribution in [0.15, 0.2) is 75.8 Å². The van der Waals surface area contributed by atoms with Crippen molar-refractivity contribution >= 4 is 17.2 Å². The maximum atomic E-state index is 5.93. The average molecular weight is 355 g/mol. The van der Waals surface area contributed by atoms with Gasteiger partial charge in [0.2, 0.25) is 0 Å².